The first-order valence-electron chi connectivity index (χ1n) is 7.82. The van der Waals surface area contributed by atoms with Gasteiger partial charge in [0.1, 0.15) is 0 Å². The molecule has 0 aliphatic carbocycles. The van der Waals surface area contributed by atoms with Crippen LogP contribution in [0.5, 0.6) is 11.5 Å². The van der Waals surface area contributed by atoms with E-state index in [1.54, 1.807) is 24.0 Å². The first-order chi connectivity index (χ1) is 11.5. The van der Waals surface area contributed by atoms with Crippen molar-refractivity contribution in [2.24, 2.45) is 0 Å². The van der Waals surface area contributed by atoms with Gasteiger partial charge in [0.15, 0.2) is 11.5 Å². The molecule has 1 fully saturated rings. The van der Waals surface area contributed by atoms with Crippen molar-refractivity contribution in [3.63, 3.8) is 0 Å². The van der Waals surface area contributed by atoms with Crippen LogP contribution in [-0.4, -0.2) is 69.3 Å². The number of carbonyl (C=O) groups excluding carboxylic acids is 2. The lowest BCUT2D eigenvalue weighted by Crippen LogP contribution is -2.51. The molecular weight excluding hydrogens is 312 g/mol. The van der Waals surface area contributed by atoms with Crippen molar-refractivity contribution in [1.82, 2.24) is 9.80 Å². The summed E-state index contributed by atoms with van der Waals surface area (Å²) in [5.41, 5.74) is 1.89. The Kier molecular flexibility index (Phi) is 5.89. The molecular formula is C17H24N2O5. The van der Waals surface area contributed by atoms with Gasteiger partial charge in [0, 0.05) is 26.2 Å². The van der Waals surface area contributed by atoms with E-state index in [0.29, 0.717) is 44.1 Å². The van der Waals surface area contributed by atoms with Gasteiger partial charge in [-0.15, -0.1) is 0 Å². The Morgan fingerprint density at radius 3 is 2.04 bits per heavy atom. The number of rotatable bonds is 4. The van der Waals surface area contributed by atoms with Crippen molar-refractivity contribution in [3.05, 3.63) is 23.3 Å². The van der Waals surface area contributed by atoms with E-state index in [2.05, 4.69) is 0 Å². The summed E-state index contributed by atoms with van der Waals surface area (Å²) < 4.78 is 15.3. The maximum atomic E-state index is 12.5. The van der Waals surface area contributed by atoms with E-state index in [0.717, 1.165) is 11.1 Å². The molecule has 7 heteroatoms. The van der Waals surface area contributed by atoms with Crippen LogP contribution >= 0.6 is 0 Å². The number of hydrogen-bond acceptors (Lipinski definition) is 5. The molecule has 7 nitrogen and oxygen atoms in total. The molecule has 0 saturated carbocycles. The molecule has 1 aliphatic heterocycles. The molecule has 2 amide bonds. The van der Waals surface area contributed by atoms with Gasteiger partial charge >= 0.3 is 6.09 Å². The molecule has 132 valence electrons. The summed E-state index contributed by atoms with van der Waals surface area (Å²) in [6.45, 7) is 3.95. The van der Waals surface area contributed by atoms with E-state index in [4.69, 9.17) is 14.2 Å². The van der Waals surface area contributed by atoms with Crippen LogP contribution in [0.4, 0.5) is 4.79 Å². The number of aryl methyl sites for hydroxylation is 1. The molecule has 1 aromatic rings. The van der Waals surface area contributed by atoms with Crippen molar-refractivity contribution >= 4 is 12.0 Å². The van der Waals surface area contributed by atoms with Crippen molar-refractivity contribution in [3.8, 4) is 11.5 Å². The minimum Gasteiger partial charge on any atom is -0.493 e. The summed E-state index contributed by atoms with van der Waals surface area (Å²) in [4.78, 5) is 27.4. The van der Waals surface area contributed by atoms with Gasteiger partial charge in [-0.3, -0.25) is 4.79 Å². The predicted octanol–water partition coefficient (Wildman–Crippen LogP) is 1.47. The van der Waals surface area contributed by atoms with Crippen LogP contribution in [0.3, 0.4) is 0 Å². The monoisotopic (exact) mass is 336 g/mol. The van der Waals surface area contributed by atoms with E-state index in [1.807, 2.05) is 19.1 Å². The third-order valence-corrected chi connectivity index (χ3v) is 4.25. The second-order valence-corrected chi connectivity index (χ2v) is 5.65. The predicted molar refractivity (Wildman–Crippen MR) is 88.5 cm³/mol. The summed E-state index contributed by atoms with van der Waals surface area (Å²) in [5, 5.41) is 0. The first kappa shape index (κ1) is 17.9. The van der Waals surface area contributed by atoms with Gasteiger partial charge in [0.2, 0.25) is 5.91 Å². The number of benzene rings is 1. The van der Waals surface area contributed by atoms with E-state index < -0.39 is 0 Å². The summed E-state index contributed by atoms with van der Waals surface area (Å²) in [5.74, 6) is 1.30. The number of piperazine rings is 1. The number of methoxy groups -OCH3 is 3. The number of hydrogen-bond donors (Lipinski definition) is 0. The molecule has 0 unspecified atom stereocenters. The van der Waals surface area contributed by atoms with E-state index in [9.17, 15) is 9.59 Å². The molecule has 0 spiro atoms. The van der Waals surface area contributed by atoms with Gasteiger partial charge < -0.3 is 24.0 Å². The molecule has 0 bridgehead atoms. The van der Waals surface area contributed by atoms with Crippen LogP contribution in [0, 0.1) is 6.92 Å². The highest BCUT2D eigenvalue weighted by molar-refractivity contribution is 5.80. The largest absolute Gasteiger partial charge is 0.493 e. The SMILES string of the molecule is COC(=O)N1CCN(C(=O)Cc2cc(OC)c(OC)cc2C)CC1. The molecule has 24 heavy (non-hydrogen) atoms. The van der Waals surface area contributed by atoms with Crippen molar-refractivity contribution < 1.29 is 23.8 Å². The zero-order valence-electron chi connectivity index (χ0n) is 14.6. The Hall–Kier alpha value is -2.44. The fraction of sp³-hybridized carbons (Fsp3) is 0.529. The minimum absolute atomic E-state index is 0.0369. The average Bonchev–Trinajstić information content (AvgIpc) is 2.62. The third kappa shape index (κ3) is 3.90. The number of ether oxygens (including phenoxy) is 3. The molecule has 1 heterocycles. The van der Waals surface area contributed by atoms with Crippen LogP contribution in [0.25, 0.3) is 0 Å². The maximum Gasteiger partial charge on any atom is 0.409 e. The molecule has 0 radical (unpaired) electrons. The van der Waals surface area contributed by atoms with Crippen LogP contribution < -0.4 is 9.47 Å². The van der Waals surface area contributed by atoms with Crippen molar-refractivity contribution in [2.75, 3.05) is 47.5 Å². The van der Waals surface area contributed by atoms with E-state index >= 15 is 0 Å². The quantitative estimate of drug-likeness (QED) is 0.833. The zero-order chi connectivity index (χ0) is 17.7. The number of nitrogens with zero attached hydrogens (tertiary/aromatic N) is 2. The van der Waals surface area contributed by atoms with Gasteiger partial charge in [-0.2, -0.15) is 0 Å². The number of amides is 2. The Morgan fingerprint density at radius 2 is 1.50 bits per heavy atom. The molecule has 1 saturated heterocycles. The molecule has 1 aromatic carbocycles. The van der Waals surface area contributed by atoms with E-state index in [1.165, 1.54) is 7.11 Å². The highest BCUT2D eigenvalue weighted by Crippen LogP contribution is 2.30. The topological polar surface area (TPSA) is 68.3 Å². The average molecular weight is 336 g/mol. The van der Waals surface area contributed by atoms with Crippen molar-refractivity contribution in [2.45, 2.75) is 13.3 Å². The van der Waals surface area contributed by atoms with Gasteiger partial charge in [0.05, 0.1) is 27.8 Å². The van der Waals surface area contributed by atoms with Gasteiger partial charge in [-0.05, 0) is 30.2 Å². The van der Waals surface area contributed by atoms with Crippen LogP contribution in [0.1, 0.15) is 11.1 Å². The van der Waals surface area contributed by atoms with Crippen LogP contribution in [0.2, 0.25) is 0 Å². The Morgan fingerprint density at radius 1 is 0.958 bits per heavy atom. The fourth-order valence-corrected chi connectivity index (χ4v) is 2.76. The van der Waals surface area contributed by atoms with Crippen LogP contribution in [0.15, 0.2) is 12.1 Å². The second kappa shape index (κ2) is 7.90. The molecule has 0 atom stereocenters. The lowest BCUT2D eigenvalue weighted by Gasteiger charge is -2.34. The van der Waals surface area contributed by atoms with Gasteiger partial charge in [-0.1, -0.05) is 0 Å². The Bertz CT molecular complexity index is 609. The van der Waals surface area contributed by atoms with Gasteiger partial charge in [0.25, 0.3) is 0 Å². The summed E-state index contributed by atoms with van der Waals surface area (Å²) in [6.07, 6.45) is -0.0532. The normalized spacial score (nSPS) is 14.3. The standard InChI is InChI=1S/C17H24N2O5/c1-12-9-14(22-2)15(23-3)10-13(12)11-16(20)18-5-7-19(8-6-18)17(21)24-4/h9-10H,5-8,11H2,1-4H3. The summed E-state index contributed by atoms with van der Waals surface area (Å²) >= 11 is 0. The minimum atomic E-state index is -0.349. The van der Waals surface area contributed by atoms with Crippen molar-refractivity contribution in [1.29, 1.82) is 0 Å². The number of carbonyl (C=O) groups is 2. The molecule has 2 rings (SSSR count). The molecule has 0 aromatic heterocycles. The highest BCUT2D eigenvalue weighted by atomic mass is 16.5. The lowest BCUT2D eigenvalue weighted by atomic mass is 10.0. The second-order valence-electron chi connectivity index (χ2n) is 5.65. The fourth-order valence-electron chi connectivity index (χ4n) is 2.76. The maximum absolute atomic E-state index is 12.5. The zero-order valence-corrected chi connectivity index (χ0v) is 14.6. The first-order valence-corrected chi connectivity index (χ1v) is 7.82. The Balaban J connectivity index is 2.02. The van der Waals surface area contributed by atoms with Crippen LogP contribution in [-0.2, 0) is 16.0 Å². The third-order valence-electron chi connectivity index (χ3n) is 4.25. The summed E-state index contributed by atoms with van der Waals surface area (Å²) in [6, 6.07) is 3.72. The van der Waals surface area contributed by atoms with Gasteiger partial charge in [-0.25, -0.2) is 4.79 Å². The smallest absolute Gasteiger partial charge is 0.409 e. The molecule has 1 aliphatic rings. The highest BCUT2D eigenvalue weighted by Gasteiger charge is 2.25. The van der Waals surface area contributed by atoms with E-state index in [-0.39, 0.29) is 12.0 Å². The lowest BCUT2D eigenvalue weighted by molar-refractivity contribution is -0.132. The summed E-state index contributed by atoms with van der Waals surface area (Å²) in [7, 11) is 4.52. The Labute approximate surface area is 142 Å². The molecule has 0 N–H and O–H groups in total.